The summed E-state index contributed by atoms with van der Waals surface area (Å²) in [6.07, 6.45) is 10.1. The van der Waals surface area contributed by atoms with Gasteiger partial charge in [-0.2, -0.15) is 0 Å². The highest BCUT2D eigenvalue weighted by molar-refractivity contribution is 5.76. The molecule has 2 rings (SSSR count). The lowest BCUT2D eigenvalue weighted by Gasteiger charge is -2.18. The predicted octanol–water partition coefficient (Wildman–Crippen LogP) is 2.03. The van der Waals surface area contributed by atoms with Gasteiger partial charge in [0.2, 0.25) is 0 Å². The van der Waals surface area contributed by atoms with Gasteiger partial charge in [-0.15, -0.1) is 0 Å². The predicted molar refractivity (Wildman–Crippen MR) is 92.6 cm³/mol. The Hall–Kier alpha value is -1.55. The number of methoxy groups -OCH3 is 1. The van der Waals surface area contributed by atoms with Crippen LogP contribution in [0.2, 0.25) is 0 Å². The number of nitrogens with one attached hydrogen (secondary N) is 1. The van der Waals surface area contributed by atoms with Crippen LogP contribution < -0.4 is 15.4 Å². The van der Waals surface area contributed by atoms with E-state index in [1.165, 1.54) is 44.9 Å². The molecule has 128 valence electrons. The van der Waals surface area contributed by atoms with Crippen LogP contribution in [-0.4, -0.2) is 32.1 Å². The van der Waals surface area contributed by atoms with Gasteiger partial charge in [-0.05, 0) is 43.7 Å². The van der Waals surface area contributed by atoms with E-state index in [-0.39, 0.29) is 5.91 Å². The van der Waals surface area contributed by atoms with E-state index >= 15 is 0 Å². The summed E-state index contributed by atoms with van der Waals surface area (Å²) in [6.45, 7) is 1.22. The molecule has 0 atom stereocenters. The topological polar surface area (TPSA) is 54.9 Å². The van der Waals surface area contributed by atoms with E-state index in [0.29, 0.717) is 19.1 Å². The van der Waals surface area contributed by atoms with Gasteiger partial charge in [-0.3, -0.25) is 4.79 Å². The summed E-state index contributed by atoms with van der Waals surface area (Å²) in [5, 5.41) is 5.26. The van der Waals surface area contributed by atoms with Crippen LogP contribution in [0.4, 0.5) is 0 Å². The van der Waals surface area contributed by atoms with Crippen molar-refractivity contribution in [2.75, 3.05) is 20.2 Å². The molecule has 3 N–H and O–H groups in total. The van der Waals surface area contributed by atoms with Crippen molar-refractivity contribution >= 4 is 5.91 Å². The number of quaternary nitrogens is 1. The minimum Gasteiger partial charge on any atom is -0.496 e. The molecule has 0 saturated heterocycles. The molecule has 0 unspecified atom stereocenters. The molecule has 1 aliphatic rings. The van der Waals surface area contributed by atoms with Crippen LogP contribution in [0.5, 0.6) is 5.75 Å². The number of hydrogen-bond donors (Lipinski definition) is 2. The van der Waals surface area contributed by atoms with Crippen molar-refractivity contribution in [2.24, 2.45) is 0 Å². The molecule has 4 nitrogen and oxygen atoms in total. The zero-order chi connectivity index (χ0) is 16.3. The van der Waals surface area contributed by atoms with Crippen molar-refractivity contribution in [3.8, 4) is 5.75 Å². The second-order valence-electron chi connectivity index (χ2n) is 6.46. The monoisotopic (exact) mass is 319 g/mol. The van der Waals surface area contributed by atoms with E-state index in [0.717, 1.165) is 17.7 Å². The van der Waals surface area contributed by atoms with Gasteiger partial charge in [-0.25, -0.2) is 0 Å². The van der Waals surface area contributed by atoms with Crippen LogP contribution in [0.1, 0.15) is 50.5 Å². The van der Waals surface area contributed by atoms with Gasteiger partial charge < -0.3 is 15.4 Å². The zero-order valence-electron chi connectivity index (χ0n) is 14.4. The first-order valence-electron chi connectivity index (χ1n) is 9.01. The largest absolute Gasteiger partial charge is 0.496 e. The molecule has 0 bridgehead atoms. The van der Waals surface area contributed by atoms with E-state index in [1.807, 2.05) is 24.3 Å². The number of benzene rings is 1. The van der Waals surface area contributed by atoms with Gasteiger partial charge in [0, 0.05) is 6.54 Å². The number of rotatable bonds is 7. The molecule has 23 heavy (non-hydrogen) atoms. The maximum absolute atomic E-state index is 12.0. The maximum atomic E-state index is 12.0. The molecular weight excluding hydrogens is 288 g/mol. The van der Waals surface area contributed by atoms with E-state index in [2.05, 4.69) is 10.6 Å². The number of carbonyl (C=O) groups is 1. The number of carbonyl (C=O) groups excluding carboxylic acids is 1. The van der Waals surface area contributed by atoms with Gasteiger partial charge >= 0.3 is 0 Å². The van der Waals surface area contributed by atoms with Crippen molar-refractivity contribution in [1.82, 2.24) is 5.32 Å². The van der Waals surface area contributed by atoms with E-state index in [4.69, 9.17) is 4.74 Å². The minimum absolute atomic E-state index is 0.141. The Labute approximate surface area is 140 Å². The third-order valence-electron chi connectivity index (χ3n) is 4.70. The van der Waals surface area contributed by atoms with E-state index < -0.39 is 0 Å². The molecule has 0 aliphatic heterocycles. The second kappa shape index (κ2) is 10.3. The SMILES string of the molecule is COc1ccccc1CCNC(=O)C[NH2+]C1CCCCCCC1. The molecule has 0 spiro atoms. The molecule has 1 aromatic rings. The number of nitrogens with two attached hydrogens (primary N) is 1. The zero-order valence-corrected chi connectivity index (χ0v) is 14.4. The molecule has 1 aliphatic carbocycles. The lowest BCUT2D eigenvalue weighted by molar-refractivity contribution is -0.680. The fourth-order valence-corrected chi connectivity index (χ4v) is 3.32. The Balaban J connectivity index is 1.64. The van der Waals surface area contributed by atoms with Crippen LogP contribution in [0, 0.1) is 0 Å². The molecule has 4 heteroatoms. The number of para-hydroxylation sites is 1. The quantitative estimate of drug-likeness (QED) is 0.808. The summed E-state index contributed by atoms with van der Waals surface area (Å²) in [5.74, 6) is 1.03. The Morgan fingerprint density at radius 1 is 1.17 bits per heavy atom. The third kappa shape index (κ3) is 6.61. The Morgan fingerprint density at radius 3 is 2.61 bits per heavy atom. The lowest BCUT2D eigenvalue weighted by atomic mass is 9.97. The molecule has 0 aromatic heterocycles. The van der Waals surface area contributed by atoms with Gasteiger partial charge in [0.05, 0.1) is 13.2 Å². The highest BCUT2D eigenvalue weighted by Crippen LogP contribution is 2.17. The third-order valence-corrected chi connectivity index (χ3v) is 4.70. The first kappa shape index (κ1) is 17.8. The summed E-state index contributed by atoms with van der Waals surface area (Å²) in [7, 11) is 1.68. The standard InChI is InChI=1S/C19H30N2O2/c1-23-18-12-8-7-9-16(18)13-14-20-19(22)15-21-17-10-5-3-2-4-6-11-17/h7-9,12,17,21H,2-6,10-11,13-15H2,1H3,(H,20,22)/p+1. The highest BCUT2D eigenvalue weighted by atomic mass is 16.5. The van der Waals surface area contributed by atoms with Gasteiger partial charge in [-0.1, -0.05) is 37.5 Å². The average molecular weight is 319 g/mol. The first-order valence-corrected chi connectivity index (χ1v) is 9.01. The summed E-state index contributed by atoms with van der Waals surface area (Å²) in [4.78, 5) is 12.0. The van der Waals surface area contributed by atoms with E-state index in [1.54, 1.807) is 7.11 Å². The van der Waals surface area contributed by atoms with Crippen molar-refractivity contribution in [1.29, 1.82) is 0 Å². The van der Waals surface area contributed by atoms with Gasteiger partial charge in [0.25, 0.3) is 5.91 Å². The molecular formula is C19H31N2O2+. The van der Waals surface area contributed by atoms with Crippen LogP contribution in [0.25, 0.3) is 0 Å². The van der Waals surface area contributed by atoms with Crippen molar-refractivity contribution in [2.45, 2.75) is 57.4 Å². The van der Waals surface area contributed by atoms with Crippen LogP contribution >= 0.6 is 0 Å². The van der Waals surface area contributed by atoms with Gasteiger partial charge in [0.1, 0.15) is 5.75 Å². The molecule has 0 radical (unpaired) electrons. The van der Waals surface area contributed by atoms with Crippen molar-refractivity contribution in [3.63, 3.8) is 0 Å². The first-order chi connectivity index (χ1) is 11.3. The Morgan fingerprint density at radius 2 is 1.87 bits per heavy atom. The minimum atomic E-state index is 0.141. The Kier molecular flexibility index (Phi) is 7.95. The highest BCUT2D eigenvalue weighted by Gasteiger charge is 2.15. The fourth-order valence-electron chi connectivity index (χ4n) is 3.32. The summed E-state index contributed by atoms with van der Waals surface area (Å²) < 4.78 is 5.33. The molecule has 1 fully saturated rings. The van der Waals surface area contributed by atoms with E-state index in [9.17, 15) is 4.79 Å². The fraction of sp³-hybridized carbons (Fsp3) is 0.632. The second-order valence-corrected chi connectivity index (χ2v) is 6.46. The summed E-state index contributed by atoms with van der Waals surface area (Å²) in [5.41, 5.74) is 1.14. The smallest absolute Gasteiger partial charge is 0.275 e. The summed E-state index contributed by atoms with van der Waals surface area (Å²) >= 11 is 0. The van der Waals surface area contributed by atoms with Crippen LogP contribution in [-0.2, 0) is 11.2 Å². The lowest BCUT2D eigenvalue weighted by Crippen LogP contribution is -2.92. The molecule has 1 saturated carbocycles. The summed E-state index contributed by atoms with van der Waals surface area (Å²) in [6, 6.07) is 8.60. The van der Waals surface area contributed by atoms with Crippen LogP contribution in [0.15, 0.2) is 24.3 Å². The number of ether oxygens (including phenoxy) is 1. The van der Waals surface area contributed by atoms with Crippen LogP contribution in [0.3, 0.4) is 0 Å². The molecule has 0 heterocycles. The van der Waals surface area contributed by atoms with Crippen molar-refractivity contribution in [3.05, 3.63) is 29.8 Å². The number of hydrogen-bond acceptors (Lipinski definition) is 2. The molecule has 1 aromatic carbocycles. The number of amides is 1. The normalized spacial score (nSPS) is 16.4. The average Bonchev–Trinajstić information content (AvgIpc) is 2.54. The Bertz CT molecular complexity index is 468. The maximum Gasteiger partial charge on any atom is 0.275 e. The molecule has 1 amide bonds. The van der Waals surface area contributed by atoms with Gasteiger partial charge in [0.15, 0.2) is 6.54 Å². The van der Waals surface area contributed by atoms with Crippen molar-refractivity contribution < 1.29 is 14.8 Å².